The summed E-state index contributed by atoms with van der Waals surface area (Å²) < 4.78 is 33.1. The van der Waals surface area contributed by atoms with Crippen molar-refractivity contribution in [2.45, 2.75) is 24.3 Å². The Balaban J connectivity index is 1.55. The zero-order chi connectivity index (χ0) is 22.2. The van der Waals surface area contributed by atoms with E-state index in [-0.39, 0.29) is 28.2 Å². The van der Waals surface area contributed by atoms with E-state index in [1.165, 1.54) is 46.8 Å². The first kappa shape index (κ1) is 20.8. The molecule has 1 fully saturated rings. The maximum atomic E-state index is 12.7. The number of hydrogen-bond acceptors (Lipinski definition) is 7. The van der Waals surface area contributed by atoms with Crippen LogP contribution in [0.1, 0.15) is 12.8 Å². The summed E-state index contributed by atoms with van der Waals surface area (Å²) in [5.41, 5.74) is 0.558. The molecule has 31 heavy (non-hydrogen) atoms. The highest BCUT2D eigenvalue weighted by Crippen LogP contribution is 2.24. The molecule has 2 aromatic carbocycles. The van der Waals surface area contributed by atoms with Gasteiger partial charge in [-0.25, -0.2) is 13.2 Å². The number of nitrogens with zero attached hydrogens (tertiary/aromatic N) is 3. The van der Waals surface area contributed by atoms with Gasteiger partial charge in [0.15, 0.2) is 5.58 Å². The highest BCUT2D eigenvalue weighted by molar-refractivity contribution is 7.89. The number of oxazole rings is 1. The van der Waals surface area contributed by atoms with Gasteiger partial charge in [0.1, 0.15) is 6.54 Å². The standard InChI is InChI=1S/C19H18N4O7S/c24-18(20-13-3-5-14(6-4-13)23(26)27)12-22-16-8-7-15(11-17(16)30-19(22)25)31(28,29)21-9-1-2-10-21/h3-8,11H,1-2,9-10,12H2,(H,20,24). The third-order valence-corrected chi connectivity index (χ3v) is 6.90. The van der Waals surface area contributed by atoms with Crippen LogP contribution in [-0.2, 0) is 21.4 Å². The monoisotopic (exact) mass is 446 g/mol. The second kappa shape index (κ2) is 7.96. The van der Waals surface area contributed by atoms with Gasteiger partial charge >= 0.3 is 5.76 Å². The molecule has 4 rings (SSSR count). The van der Waals surface area contributed by atoms with Crippen LogP contribution in [0.5, 0.6) is 0 Å². The molecule has 1 aromatic heterocycles. The predicted molar refractivity (Wildman–Crippen MR) is 110 cm³/mol. The minimum atomic E-state index is -3.67. The molecule has 162 valence electrons. The van der Waals surface area contributed by atoms with Crippen LogP contribution in [0.2, 0.25) is 0 Å². The average molecular weight is 446 g/mol. The SMILES string of the molecule is O=C(Cn1c(=O)oc2cc(S(=O)(=O)N3CCCC3)ccc21)Nc1ccc([N+](=O)[O-])cc1. The first-order valence-electron chi connectivity index (χ1n) is 9.43. The van der Waals surface area contributed by atoms with Gasteiger partial charge in [0, 0.05) is 37.0 Å². The molecule has 1 amide bonds. The highest BCUT2D eigenvalue weighted by Gasteiger charge is 2.28. The number of sulfonamides is 1. The van der Waals surface area contributed by atoms with E-state index in [4.69, 9.17) is 4.42 Å². The fourth-order valence-corrected chi connectivity index (χ4v) is 4.98. The summed E-state index contributed by atoms with van der Waals surface area (Å²) in [6.07, 6.45) is 1.60. The Labute approximate surface area is 176 Å². The third-order valence-electron chi connectivity index (χ3n) is 5.01. The Morgan fingerprint density at radius 2 is 1.81 bits per heavy atom. The Kier molecular flexibility index (Phi) is 5.33. The van der Waals surface area contributed by atoms with Crippen LogP contribution in [-0.4, -0.2) is 41.2 Å². The first-order valence-corrected chi connectivity index (χ1v) is 10.9. The molecule has 0 unspecified atom stereocenters. The summed E-state index contributed by atoms with van der Waals surface area (Å²) in [4.78, 5) is 34.8. The van der Waals surface area contributed by atoms with Gasteiger partial charge in [0.25, 0.3) is 5.69 Å². The molecule has 0 saturated carbocycles. The van der Waals surface area contributed by atoms with Crippen LogP contribution in [0.3, 0.4) is 0 Å². The van der Waals surface area contributed by atoms with Crippen molar-refractivity contribution in [2.75, 3.05) is 18.4 Å². The molecular formula is C19H18N4O7S. The van der Waals surface area contributed by atoms with Gasteiger partial charge in [-0.1, -0.05) is 0 Å². The van der Waals surface area contributed by atoms with Crippen molar-refractivity contribution in [2.24, 2.45) is 0 Å². The quantitative estimate of drug-likeness (QED) is 0.450. The summed E-state index contributed by atoms with van der Waals surface area (Å²) in [6, 6.07) is 9.35. The molecule has 0 aliphatic carbocycles. The van der Waals surface area contributed by atoms with Gasteiger partial charge in [0.05, 0.1) is 15.3 Å². The van der Waals surface area contributed by atoms with Gasteiger partial charge in [-0.05, 0) is 37.1 Å². The summed E-state index contributed by atoms with van der Waals surface area (Å²) >= 11 is 0. The Morgan fingerprint density at radius 3 is 2.45 bits per heavy atom. The molecule has 1 saturated heterocycles. The number of fused-ring (bicyclic) bond motifs is 1. The summed E-state index contributed by atoms with van der Waals surface area (Å²) in [7, 11) is -3.67. The Hall–Kier alpha value is -3.51. The summed E-state index contributed by atoms with van der Waals surface area (Å²) in [6.45, 7) is 0.531. The number of amides is 1. The molecule has 12 heteroatoms. The number of carbonyl (C=O) groups is 1. The largest absolute Gasteiger partial charge is 0.420 e. The minimum Gasteiger partial charge on any atom is -0.408 e. The van der Waals surface area contributed by atoms with Gasteiger partial charge in [-0.3, -0.25) is 19.5 Å². The zero-order valence-corrected chi connectivity index (χ0v) is 17.0. The van der Waals surface area contributed by atoms with Crippen molar-refractivity contribution < 1.29 is 22.6 Å². The number of nitro groups is 1. The number of rotatable bonds is 6. The zero-order valence-electron chi connectivity index (χ0n) is 16.2. The van der Waals surface area contributed by atoms with Crippen LogP contribution in [0.4, 0.5) is 11.4 Å². The lowest BCUT2D eigenvalue weighted by Crippen LogP contribution is -2.27. The minimum absolute atomic E-state index is 0.0260. The molecule has 3 aromatic rings. The van der Waals surface area contributed by atoms with Crippen molar-refractivity contribution in [1.29, 1.82) is 0 Å². The number of aromatic nitrogens is 1. The lowest BCUT2D eigenvalue weighted by molar-refractivity contribution is -0.384. The topological polar surface area (TPSA) is 145 Å². The molecular weight excluding hydrogens is 428 g/mol. The molecule has 1 aliphatic heterocycles. The van der Waals surface area contributed by atoms with E-state index in [2.05, 4.69) is 5.32 Å². The van der Waals surface area contributed by atoms with E-state index >= 15 is 0 Å². The smallest absolute Gasteiger partial charge is 0.408 e. The normalized spacial score (nSPS) is 14.7. The van der Waals surface area contributed by atoms with Gasteiger partial charge in [0.2, 0.25) is 15.9 Å². The number of carbonyl (C=O) groups excluding carboxylic acids is 1. The molecule has 0 bridgehead atoms. The van der Waals surface area contributed by atoms with E-state index in [9.17, 15) is 28.1 Å². The fourth-order valence-electron chi connectivity index (χ4n) is 3.45. The number of nitro benzene ring substituents is 1. The maximum absolute atomic E-state index is 12.7. The number of hydrogen-bond donors (Lipinski definition) is 1. The second-order valence-electron chi connectivity index (χ2n) is 7.05. The number of benzene rings is 2. The van der Waals surface area contributed by atoms with Crippen LogP contribution < -0.4 is 11.1 Å². The molecule has 2 heterocycles. The van der Waals surface area contributed by atoms with E-state index in [1.54, 1.807) is 0 Å². The summed E-state index contributed by atoms with van der Waals surface area (Å²) in [5.74, 6) is -1.35. The van der Waals surface area contributed by atoms with Gasteiger partial charge < -0.3 is 9.73 Å². The maximum Gasteiger partial charge on any atom is 0.420 e. The van der Waals surface area contributed by atoms with Crippen LogP contribution >= 0.6 is 0 Å². The average Bonchev–Trinajstić information content (AvgIpc) is 3.37. The van der Waals surface area contributed by atoms with Crippen molar-refractivity contribution in [3.63, 3.8) is 0 Å². The number of anilines is 1. The number of non-ortho nitro benzene ring substituents is 1. The number of nitrogens with one attached hydrogen (secondary N) is 1. The lowest BCUT2D eigenvalue weighted by Gasteiger charge is -2.15. The van der Waals surface area contributed by atoms with Crippen LogP contribution in [0.25, 0.3) is 11.1 Å². The van der Waals surface area contributed by atoms with E-state index in [1.807, 2.05) is 0 Å². The first-order chi connectivity index (χ1) is 14.8. The predicted octanol–water partition coefficient (Wildman–Crippen LogP) is 1.93. The van der Waals surface area contributed by atoms with Gasteiger partial charge in [-0.2, -0.15) is 4.31 Å². The Morgan fingerprint density at radius 1 is 1.13 bits per heavy atom. The van der Waals surface area contributed by atoms with Crippen LogP contribution in [0.15, 0.2) is 56.6 Å². The third kappa shape index (κ3) is 4.07. The van der Waals surface area contributed by atoms with E-state index in [0.29, 0.717) is 18.8 Å². The van der Waals surface area contributed by atoms with E-state index < -0.39 is 26.6 Å². The summed E-state index contributed by atoms with van der Waals surface area (Å²) in [5, 5.41) is 13.2. The van der Waals surface area contributed by atoms with E-state index in [0.717, 1.165) is 17.4 Å². The molecule has 0 atom stereocenters. The van der Waals surface area contributed by atoms with Crippen LogP contribution in [0, 0.1) is 10.1 Å². The van der Waals surface area contributed by atoms with Crippen molar-refractivity contribution in [3.8, 4) is 0 Å². The Bertz CT molecular complexity index is 1320. The molecule has 1 N–H and O–H groups in total. The molecule has 0 spiro atoms. The van der Waals surface area contributed by atoms with Gasteiger partial charge in [-0.15, -0.1) is 0 Å². The lowest BCUT2D eigenvalue weighted by atomic mass is 10.3. The fraction of sp³-hybridized carbons (Fsp3) is 0.263. The van der Waals surface area contributed by atoms with Crippen molar-refractivity contribution >= 4 is 38.4 Å². The van der Waals surface area contributed by atoms with Crippen molar-refractivity contribution in [1.82, 2.24) is 8.87 Å². The molecule has 11 nitrogen and oxygen atoms in total. The second-order valence-corrected chi connectivity index (χ2v) is 8.98. The molecule has 1 aliphatic rings. The van der Waals surface area contributed by atoms with Crippen molar-refractivity contribution in [3.05, 3.63) is 63.1 Å². The molecule has 0 radical (unpaired) electrons. The highest BCUT2D eigenvalue weighted by atomic mass is 32.2.